The summed E-state index contributed by atoms with van der Waals surface area (Å²) in [5.41, 5.74) is 3.01. The maximum atomic E-state index is 13.6. The smallest absolute Gasteiger partial charge is 0.251 e. The van der Waals surface area contributed by atoms with E-state index in [1.165, 1.54) is 12.1 Å². The molecule has 1 unspecified atom stereocenters. The number of benzene rings is 2. The van der Waals surface area contributed by atoms with Gasteiger partial charge in [0.15, 0.2) is 6.23 Å². The van der Waals surface area contributed by atoms with Crippen LogP contribution in [0.2, 0.25) is 0 Å². The summed E-state index contributed by atoms with van der Waals surface area (Å²) < 4.78 is 25.2. The molecule has 2 aromatic rings. The van der Waals surface area contributed by atoms with E-state index in [4.69, 9.17) is 9.47 Å². The summed E-state index contributed by atoms with van der Waals surface area (Å²) in [5, 5.41) is 45.2. The van der Waals surface area contributed by atoms with E-state index in [1.54, 1.807) is 30.3 Å². The molecule has 196 valence electrons. The van der Waals surface area contributed by atoms with Crippen molar-refractivity contribution in [2.45, 2.75) is 50.1 Å². The third-order valence-corrected chi connectivity index (χ3v) is 6.96. The molecule has 2 aromatic carbocycles. The lowest BCUT2D eigenvalue weighted by atomic mass is 9.91. The number of aliphatic hydroxyl groups excluding tert-OH is 4. The lowest BCUT2D eigenvalue weighted by molar-refractivity contribution is -0.0209. The number of anilines is 1. The Kier molecular flexibility index (Phi) is 6.55. The molecule has 6 N–H and O–H groups in total. The molecule has 0 spiro atoms. The van der Waals surface area contributed by atoms with E-state index in [2.05, 4.69) is 10.6 Å². The molecule has 0 aliphatic carbocycles. The molecule has 1 saturated heterocycles. The van der Waals surface area contributed by atoms with Crippen molar-refractivity contribution < 1.29 is 39.1 Å². The summed E-state index contributed by atoms with van der Waals surface area (Å²) in [6, 6.07) is 11.2. The second-order valence-electron chi connectivity index (χ2n) is 9.85. The molecule has 9 nitrogen and oxygen atoms in total. The quantitative estimate of drug-likeness (QED) is 0.353. The molecule has 37 heavy (non-hydrogen) atoms. The van der Waals surface area contributed by atoms with Gasteiger partial charge in [0.1, 0.15) is 41.6 Å². The summed E-state index contributed by atoms with van der Waals surface area (Å²) in [6.07, 6.45) is -3.34. The zero-order valence-electron chi connectivity index (χ0n) is 20.3. The number of hydrogen-bond acceptors (Lipinski definition) is 8. The zero-order chi connectivity index (χ0) is 26.5. The van der Waals surface area contributed by atoms with Crippen molar-refractivity contribution in [1.29, 1.82) is 0 Å². The van der Waals surface area contributed by atoms with Crippen molar-refractivity contribution in [3.8, 4) is 0 Å². The van der Waals surface area contributed by atoms with Gasteiger partial charge >= 0.3 is 0 Å². The van der Waals surface area contributed by atoms with Crippen LogP contribution in [-0.2, 0) is 9.47 Å². The SMILES string of the molecule is CC1(C)O/C(=C2\c3ccc(F)cc3NC2O)C=C1c1ccc(C(=O)NC[C@H]2O[C@H](CO)[C@@H](O)[C@H]2O)cc1. The highest BCUT2D eigenvalue weighted by molar-refractivity contribution is 5.95. The highest BCUT2D eigenvalue weighted by Gasteiger charge is 2.42. The average molecular weight is 513 g/mol. The minimum Gasteiger partial charge on any atom is -0.483 e. The van der Waals surface area contributed by atoms with Gasteiger partial charge in [-0.3, -0.25) is 4.79 Å². The minimum atomic E-state index is -1.22. The van der Waals surface area contributed by atoms with Crippen LogP contribution in [0, 0.1) is 5.82 Å². The van der Waals surface area contributed by atoms with Crippen LogP contribution in [0.4, 0.5) is 10.1 Å². The number of aliphatic hydroxyl groups is 4. The summed E-state index contributed by atoms with van der Waals surface area (Å²) in [5.74, 6) is -0.311. The lowest BCUT2D eigenvalue weighted by Gasteiger charge is -2.24. The van der Waals surface area contributed by atoms with Gasteiger partial charge in [0.25, 0.3) is 5.91 Å². The first kappa shape index (κ1) is 25.4. The van der Waals surface area contributed by atoms with Crippen molar-refractivity contribution in [2.75, 3.05) is 18.5 Å². The van der Waals surface area contributed by atoms with Crippen molar-refractivity contribution >= 4 is 22.7 Å². The topological polar surface area (TPSA) is 141 Å². The second-order valence-corrected chi connectivity index (χ2v) is 9.85. The number of nitrogens with one attached hydrogen (secondary N) is 2. The summed E-state index contributed by atoms with van der Waals surface area (Å²) in [7, 11) is 0. The lowest BCUT2D eigenvalue weighted by Crippen LogP contribution is -2.40. The van der Waals surface area contributed by atoms with Gasteiger partial charge in [-0.05, 0) is 55.8 Å². The molecule has 5 rings (SSSR count). The molecule has 1 fully saturated rings. The summed E-state index contributed by atoms with van der Waals surface area (Å²) in [4.78, 5) is 12.6. The van der Waals surface area contributed by atoms with Crippen LogP contribution in [0.3, 0.4) is 0 Å². The highest BCUT2D eigenvalue weighted by Crippen LogP contribution is 2.45. The molecule has 3 heterocycles. The van der Waals surface area contributed by atoms with Gasteiger partial charge in [-0.2, -0.15) is 0 Å². The minimum absolute atomic E-state index is 0.0278. The van der Waals surface area contributed by atoms with E-state index >= 15 is 0 Å². The Hall–Kier alpha value is -3.28. The number of rotatable bonds is 5. The normalized spacial score (nSPS) is 29.9. The van der Waals surface area contributed by atoms with Gasteiger partial charge in [0.05, 0.1) is 12.2 Å². The molecule has 0 radical (unpaired) electrons. The monoisotopic (exact) mass is 512 g/mol. The Labute approximate surface area is 212 Å². The Bertz CT molecular complexity index is 1270. The maximum Gasteiger partial charge on any atom is 0.251 e. The van der Waals surface area contributed by atoms with Crippen LogP contribution in [0.1, 0.15) is 35.3 Å². The number of amides is 1. The largest absolute Gasteiger partial charge is 0.483 e. The fraction of sp³-hybridized carbons (Fsp3) is 0.370. The van der Waals surface area contributed by atoms with Crippen LogP contribution in [0.15, 0.2) is 54.3 Å². The second kappa shape index (κ2) is 9.55. The fourth-order valence-corrected chi connectivity index (χ4v) is 4.97. The number of ether oxygens (including phenoxy) is 2. The van der Waals surface area contributed by atoms with Gasteiger partial charge in [0.2, 0.25) is 0 Å². The number of carbonyl (C=O) groups excluding carboxylic acids is 1. The van der Waals surface area contributed by atoms with Crippen molar-refractivity contribution in [3.63, 3.8) is 0 Å². The Morgan fingerprint density at radius 1 is 1.08 bits per heavy atom. The number of fused-ring (bicyclic) bond motifs is 1. The molecule has 5 atom stereocenters. The van der Waals surface area contributed by atoms with E-state index in [0.29, 0.717) is 28.1 Å². The van der Waals surface area contributed by atoms with Crippen molar-refractivity contribution in [1.82, 2.24) is 5.32 Å². The molecule has 3 aliphatic rings. The van der Waals surface area contributed by atoms with Gasteiger partial charge in [0, 0.05) is 28.9 Å². The molecule has 0 bridgehead atoms. The third kappa shape index (κ3) is 4.62. The van der Waals surface area contributed by atoms with Crippen LogP contribution < -0.4 is 10.6 Å². The molecular formula is C27H29FN2O7. The van der Waals surface area contributed by atoms with E-state index in [1.807, 2.05) is 19.9 Å². The Balaban J connectivity index is 1.33. The third-order valence-electron chi connectivity index (χ3n) is 6.96. The fourth-order valence-electron chi connectivity index (χ4n) is 4.97. The molecule has 3 aliphatic heterocycles. The number of carbonyl (C=O) groups is 1. The average Bonchev–Trinajstić information content (AvgIpc) is 3.46. The number of hydrogen-bond donors (Lipinski definition) is 6. The first-order valence-corrected chi connectivity index (χ1v) is 12.0. The molecular weight excluding hydrogens is 483 g/mol. The molecule has 0 aromatic heterocycles. The number of halogens is 1. The van der Waals surface area contributed by atoms with Crippen LogP contribution in [-0.4, -0.2) is 75.7 Å². The highest BCUT2D eigenvalue weighted by atomic mass is 19.1. The maximum absolute atomic E-state index is 13.6. The zero-order valence-corrected chi connectivity index (χ0v) is 20.3. The molecule has 10 heteroatoms. The molecule has 0 saturated carbocycles. The van der Waals surface area contributed by atoms with Crippen molar-refractivity contribution in [2.24, 2.45) is 0 Å². The first-order valence-electron chi connectivity index (χ1n) is 12.0. The summed E-state index contributed by atoms with van der Waals surface area (Å²) >= 11 is 0. The first-order chi connectivity index (χ1) is 17.6. The van der Waals surface area contributed by atoms with Crippen LogP contribution >= 0.6 is 0 Å². The van der Waals surface area contributed by atoms with Crippen LogP contribution in [0.5, 0.6) is 0 Å². The number of allylic oxidation sites excluding steroid dienone is 1. The van der Waals surface area contributed by atoms with Gasteiger partial charge in [-0.25, -0.2) is 4.39 Å². The summed E-state index contributed by atoms with van der Waals surface area (Å²) in [6.45, 7) is 3.33. The van der Waals surface area contributed by atoms with E-state index < -0.39 is 48.7 Å². The van der Waals surface area contributed by atoms with Gasteiger partial charge in [-0.1, -0.05) is 12.1 Å². The van der Waals surface area contributed by atoms with Crippen molar-refractivity contribution in [3.05, 3.63) is 76.8 Å². The van der Waals surface area contributed by atoms with E-state index in [9.17, 15) is 29.6 Å². The van der Waals surface area contributed by atoms with Gasteiger partial charge in [-0.15, -0.1) is 0 Å². The van der Waals surface area contributed by atoms with E-state index in [0.717, 1.165) is 11.1 Å². The van der Waals surface area contributed by atoms with Crippen LogP contribution in [0.25, 0.3) is 11.1 Å². The van der Waals surface area contributed by atoms with E-state index in [-0.39, 0.29) is 12.5 Å². The predicted molar refractivity (Wildman–Crippen MR) is 133 cm³/mol. The molecule has 1 amide bonds. The standard InChI is InChI=1S/C27H29FN2O7/c1-27(2)17(10-19(37-27)22-16-8-7-15(28)9-18(16)30-26(22)35)13-3-5-14(6-4-13)25(34)29-11-20-23(32)24(33)21(12-31)36-20/h3-10,20-21,23-24,26,30-33,35H,11-12H2,1-2H3,(H,29,34)/b22-19+/t20-,21-,23+,24-,26?/m1/s1. The predicted octanol–water partition coefficient (Wildman–Crippen LogP) is 1.38. The Morgan fingerprint density at radius 3 is 2.46 bits per heavy atom. The van der Waals surface area contributed by atoms with Gasteiger partial charge < -0.3 is 40.5 Å². The Morgan fingerprint density at radius 2 is 1.78 bits per heavy atom.